The second-order valence-corrected chi connectivity index (χ2v) is 6.36. The van der Waals surface area contributed by atoms with Crippen molar-refractivity contribution in [2.75, 3.05) is 26.3 Å². The molecule has 5 heteroatoms. The number of amides is 1. The predicted molar refractivity (Wildman–Crippen MR) is 89.0 cm³/mol. The van der Waals surface area contributed by atoms with E-state index in [-0.39, 0.29) is 12.5 Å². The lowest BCUT2D eigenvalue weighted by atomic mass is 9.87. The van der Waals surface area contributed by atoms with Crippen LogP contribution in [-0.2, 0) is 16.0 Å². The quantitative estimate of drug-likeness (QED) is 0.746. The summed E-state index contributed by atoms with van der Waals surface area (Å²) in [4.78, 5) is 18.2. The maximum Gasteiger partial charge on any atom is 0.248 e. The van der Waals surface area contributed by atoms with Crippen LogP contribution in [0.2, 0.25) is 0 Å². The molecule has 0 aliphatic carbocycles. The van der Waals surface area contributed by atoms with Gasteiger partial charge in [-0.05, 0) is 31.4 Å². The Labute approximate surface area is 138 Å². The lowest BCUT2D eigenvalue weighted by Gasteiger charge is -2.38. The molecule has 0 aromatic carbocycles. The fourth-order valence-electron chi connectivity index (χ4n) is 2.89. The number of carbonyl (C=O) groups is 1. The Morgan fingerprint density at radius 3 is 2.78 bits per heavy atom. The number of hydrogen-bond donors (Lipinski definition) is 1. The van der Waals surface area contributed by atoms with E-state index in [1.807, 2.05) is 18.2 Å². The number of carbonyl (C=O) groups excluding carboxylic acids is 1. The van der Waals surface area contributed by atoms with Crippen LogP contribution in [0.1, 0.15) is 44.7 Å². The molecular weight excluding hydrogens is 292 g/mol. The molecular formula is C18H28N2O3. The van der Waals surface area contributed by atoms with Gasteiger partial charge in [0.05, 0.1) is 5.60 Å². The molecule has 1 N–H and O–H groups in total. The second-order valence-electron chi connectivity index (χ2n) is 6.36. The predicted octanol–water partition coefficient (Wildman–Crippen LogP) is 2.18. The summed E-state index contributed by atoms with van der Waals surface area (Å²) in [6.07, 6.45) is 6.76. The third-order valence-electron chi connectivity index (χ3n) is 4.40. The van der Waals surface area contributed by atoms with Gasteiger partial charge in [-0.15, -0.1) is 0 Å². The van der Waals surface area contributed by atoms with Gasteiger partial charge >= 0.3 is 0 Å². The number of ether oxygens (including phenoxy) is 1. The Balaban J connectivity index is 1.71. The van der Waals surface area contributed by atoms with Gasteiger partial charge in [-0.2, -0.15) is 0 Å². The highest BCUT2D eigenvalue weighted by molar-refractivity contribution is 5.77. The van der Waals surface area contributed by atoms with Gasteiger partial charge in [0, 0.05) is 38.0 Å². The first-order valence-electron chi connectivity index (χ1n) is 8.61. The van der Waals surface area contributed by atoms with Crippen LogP contribution in [0.15, 0.2) is 24.4 Å². The maximum atomic E-state index is 12.1. The molecule has 0 atom stereocenters. The largest absolute Gasteiger partial charge is 0.389 e. The number of piperidine rings is 1. The SMILES string of the molecule is CCCCCOCC(=O)N1CCC(O)(Cc2ccccn2)CC1. The Bertz CT molecular complexity index is 470. The molecule has 0 saturated carbocycles. The fourth-order valence-corrected chi connectivity index (χ4v) is 2.89. The molecule has 0 bridgehead atoms. The van der Waals surface area contributed by atoms with Gasteiger partial charge in [0.15, 0.2) is 0 Å². The Morgan fingerprint density at radius 2 is 2.13 bits per heavy atom. The van der Waals surface area contributed by atoms with Crippen molar-refractivity contribution in [3.8, 4) is 0 Å². The molecule has 128 valence electrons. The van der Waals surface area contributed by atoms with Crippen LogP contribution < -0.4 is 0 Å². The van der Waals surface area contributed by atoms with Crippen molar-refractivity contribution in [1.82, 2.24) is 9.88 Å². The summed E-state index contributed by atoms with van der Waals surface area (Å²) >= 11 is 0. The standard InChI is InChI=1S/C18H28N2O3/c1-2-3-6-13-23-15-17(21)20-11-8-18(22,9-12-20)14-16-7-4-5-10-19-16/h4-5,7,10,22H,2-3,6,8-9,11-15H2,1H3. The van der Waals surface area contributed by atoms with E-state index in [2.05, 4.69) is 11.9 Å². The fraction of sp³-hybridized carbons (Fsp3) is 0.667. The topological polar surface area (TPSA) is 62.7 Å². The first-order valence-corrected chi connectivity index (χ1v) is 8.61. The molecule has 2 rings (SSSR count). The third kappa shape index (κ3) is 5.92. The summed E-state index contributed by atoms with van der Waals surface area (Å²) in [6.45, 7) is 4.12. The maximum absolute atomic E-state index is 12.1. The van der Waals surface area contributed by atoms with Gasteiger partial charge in [0.25, 0.3) is 0 Å². The van der Waals surface area contributed by atoms with Crippen LogP contribution in [0.4, 0.5) is 0 Å². The molecule has 1 amide bonds. The minimum Gasteiger partial charge on any atom is -0.389 e. The van der Waals surface area contributed by atoms with Crippen molar-refractivity contribution in [3.63, 3.8) is 0 Å². The molecule has 0 unspecified atom stereocenters. The monoisotopic (exact) mass is 320 g/mol. The Hall–Kier alpha value is -1.46. The third-order valence-corrected chi connectivity index (χ3v) is 4.40. The van der Waals surface area contributed by atoms with Crippen LogP contribution in [0.25, 0.3) is 0 Å². The highest BCUT2D eigenvalue weighted by atomic mass is 16.5. The molecule has 2 heterocycles. The zero-order chi connectivity index (χ0) is 16.5. The number of aliphatic hydroxyl groups is 1. The van der Waals surface area contributed by atoms with Crippen molar-refractivity contribution < 1.29 is 14.6 Å². The average Bonchev–Trinajstić information content (AvgIpc) is 2.56. The number of likely N-dealkylation sites (tertiary alicyclic amines) is 1. The number of nitrogens with zero attached hydrogens (tertiary/aromatic N) is 2. The molecule has 5 nitrogen and oxygen atoms in total. The molecule has 1 aromatic heterocycles. The van der Waals surface area contributed by atoms with E-state index >= 15 is 0 Å². The second kappa shape index (κ2) is 8.99. The lowest BCUT2D eigenvalue weighted by molar-refractivity contribution is -0.140. The van der Waals surface area contributed by atoms with E-state index in [1.165, 1.54) is 0 Å². The summed E-state index contributed by atoms with van der Waals surface area (Å²) in [7, 11) is 0. The molecule has 1 saturated heterocycles. The number of pyridine rings is 1. The first kappa shape index (κ1) is 17.9. The summed E-state index contributed by atoms with van der Waals surface area (Å²) in [5.74, 6) is 0.0291. The van der Waals surface area contributed by atoms with Crippen molar-refractivity contribution in [2.45, 2.75) is 51.0 Å². The van der Waals surface area contributed by atoms with Gasteiger partial charge < -0.3 is 14.7 Å². The van der Waals surface area contributed by atoms with E-state index in [1.54, 1.807) is 11.1 Å². The van der Waals surface area contributed by atoms with Crippen molar-refractivity contribution in [2.24, 2.45) is 0 Å². The number of rotatable bonds is 8. The van der Waals surface area contributed by atoms with Gasteiger partial charge in [0.1, 0.15) is 6.61 Å². The molecule has 1 aromatic rings. The number of aromatic nitrogens is 1. The van der Waals surface area contributed by atoms with E-state index in [0.717, 1.165) is 25.0 Å². The van der Waals surface area contributed by atoms with Crippen molar-refractivity contribution >= 4 is 5.91 Å². The highest BCUT2D eigenvalue weighted by Crippen LogP contribution is 2.25. The Kier molecular flexibility index (Phi) is 6.99. The summed E-state index contributed by atoms with van der Waals surface area (Å²) < 4.78 is 5.43. The van der Waals surface area contributed by atoms with Crippen LogP contribution in [0.3, 0.4) is 0 Å². The molecule has 1 aliphatic heterocycles. The van der Waals surface area contributed by atoms with E-state index < -0.39 is 5.60 Å². The summed E-state index contributed by atoms with van der Waals surface area (Å²) in [5.41, 5.74) is 0.140. The minimum absolute atomic E-state index is 0.0291. The number of unbranched alkanes of at least 4 members (excludes halogenated alkanes) is 2. The van der Waals surface area contributed by atoms with Gasteiger partial charge in [-0.1, -0.05) is 25.8 Å². The van der Waals surface area contributed by atoms with Crippen LogP contribution in [0.5, 0.6) is 0 Å². The highest BCUT2D eigenvalue weighted by Gasteiger charge is 2.34. The van der Waals surface area contributed by atoms with Gasteiger partial charge in [-0.3, -0.25) is 9.78 Å². The minimum atomic E-state index is -0.757. The summed E-state index contributed by atoms with van der Waals surface area (Å²) in [5, 5.41) is 10.7. The normalized spacial score (nSPS) is 17.2. The van der Waals surface area contributed by atoms with Crippen LogP contribution in [0, 0.1) is 0 Å². The van der Waals surface area contributed by atoms with Gasteiger partial charge in [-0.25, -0.2) is 0 Å². The van der Waals surface area contributed by atoms with Crippen molar-refractivity contribution in [1.29, 1.82) is 0 Å². The van der Waals surface area contributed by atoms with Gasteiger partial charge in [0.2, 0.25) is 5.91 Å². The molecule has 23 heavy (non-hydrogen) atoms. The molecule has 1 aliphatic rings. The molecule has 0 spiro atoms. The van der Waals surface area contributed by atoms with Crippen molar-refractivity contribution in [3.05, 3.63) is 30.1 Å². The van der Waals surface area contributed by atoms with E-state index in [4.69, 9.17) is 4.74 Å². The van der Waals surface area contributed by atoms with Crippen LogP contribution in [-0.4, -0.2) is 52.8 Å². The molecule has 1 fully saturated rings. The van der Waals surface area contributed by atoms with E-state index in [9.17, 15) is 9.90 Å². The Morgan fingerprint density at radius 1 is 1.35 bits per heavy atom. The average molecular weight is 320 g/mol. The van der Waals surface area contributed by atoms with Crippen LogP contribution >= 0.6 is 0 Å². The van der Waals surface area contributed by atoms with E-state index in [0.29, 0.717) is 39.0 Å². The first-order chi connectivity index (χ1) is 11.1. The molecule has 0 radical (unpaired) electrons. The lowest BCUT2D eigenvalue weighted by Crippen LogP contribution is -2.48. The zero-order valence-corrected chi connectivity index (χ0v) is 14.0. The smallest absolute Gasteiger partial charge is 0.248 e. The number of hydrogen-bond acceptors (Lipinski definition) is 4. The summed E-state index contributed by atoms with van der Waals surface area (Å²) in [6, 6.07) is 5.73. The zero-order valence-electron chi connectivity index (χ0n) is 14.0.